The summed E-state index contributed by atoms with van der Waals surface area (Å²) in [4.78, 5) is 7.67. The van der Waals surface area contributed by atoms with E-state index in [9.17, 15) is 0 Å². The van der Waals surface area contributed by atoms with E-state index in [-0.39, 0.29) is 0 Å². The first-order valence-electron chi connectivity index (χ1n) is 9.89. The van der Waals surface area contributed by atoms with Crippen molar-refractivity contribution in [3.8, 4) is 17.2 Å². The van der Waals surface area contributed by atoms with Gasteiger partial charge in [-0.15, -0.1) is 0 Å². The van der Waals surface area contributed by atoms with E-state index in [4.69, 9.17) is 14.2 Å². The number of methoxy groups -OCH3 is 3. The summed E-state index contributed by atoms with van der Waals surface area (Å²) in [6, 6.07) is 10.2. The summed E-state index contributed by atoms with van der Waals surface area (Å²) >= 11 is 0. The molecule has 0 bridgehead atoms. The lowest BCUT2D eigenvalue weighted by atomic mass is 10.1. The van der Waals surface area contributed by atoms with Crippen LogP contribution in [0.15, 0.2) is 41.5 Å². The number of aliphatic imine (C=N–C) groups is 1. The van der Waals surface area contributed by atoms with Crippen LogP contribution in [0.2, 0.25) is 0 Å². The molecule has 1 heterocycles. The zero-order chi connectivity index (χ0) is 21.5. The van der Waals surface area contributed by atoms with Crippen LogP contribution in [-0.4, -0.2) is 45.9 Å². The number of fused-ring (bicyclic) bond motifs is 1. The van der Waals surface area contributed by atoms with Gasteiger partial charge in [0.2, 0.25) is 0 Å². The average molecular weight is 411 g/mol. The predicted molar refractivity (Wildman–Crippen MR) is 121 cm³/mol. The molecule has 0 saturated heterocycles. The van der Waals surface area contributed by atoms with Crippen LogP contribution in [0.4, 0.5) is 0 Å². The second kappa shape index (κ2) is 9.91. The molecule has 0 amide bonds. The fourth-order valence-electron chi connectivity index (χ4n) is 3.47. The Kier molecular flexibility index (Phi) is 7.06. The molecule has 0 atom stereocenters. The van der Waals surface area contributed by atoms with Crippen LogP contribution >= 0.6 is 0 Å². The summed E-state index contributed by atoms with van der Waals surface area (Å²) in [5.74, 6) is 2.79. The van der Waals surface area contributed by atoms with Crippen LogP contribution in [0.5, 0.6) is 17.2 Å². The minimum absolute atomic E-state index is 0.502. The number of benzene rings is 2. The van der Waals surface area contributed by atoms with Crippen molar-refractivity contribution in [1.29, 1.82) is 0 Å². The monoisotopic (exact) mass is 410 g/mol. The van der Waals surface area contributed by atoms with Gasteiger partial charge in [0.05, 0.1) is 33.4 Å². The second-order valence-electron chi connectivity index (χ2n) is 6.98. The van der Waals surface area contributed by atoms with Crippen molar-refractivity contribution in [2.24, 2.45) is 4.99 Å². The molecule has 1 aromatic heterocycles. The molecule has 0 saturated carbocycles. The normalized spacial score (nSPS) is 11.4. The van der Waals surface area contributed by atoms with Gasteiger partial charge in [-0.1, -0.05) is 12.1 Å². The number of ether oxygens (including phenoxy) is 3. The molecule has 0 spiro atoms. The maximum absolute atomic E-state index is 5.51. The van der Waals surface area contributed by atoms with E-state index in [0.29, 0.717) is 29.8 Å². The van der Waals surface area contributed by atoms with Crippen molar-refractivity contribution in [2.45, 2.75) is 19.9 Å². The lowest BCUT2D eigenvalue weighted by Crippen LogP contribution is -2.38. The first-order valence-corrected chi connectivity index (χ1v) is 9.89. The Bertz CT molecular complexity index is 1000. The Morgan fingerprint density at radius 3 is 2.37 bits per heavy atom. The molecule has 0 unspecified atom stereocenters. The highest BCUT2D eigenvalue weighted by Gasteiger charge is 2.14. The maximum Gasteiger partial charge on any atom is 0.191 e. The standard InChI is InChI=1S/C23H30N4O3/c1-15-6-7-18-16(13-26-20(18)10-15)8-9-25-23(24-2)27-14-19-21(29-4)11-17(28-3)12-22(19)30-5/h6-7,10-13,26H,8-9,14H2,1-5H3,(H2,24,25,27). The number of H-pyrrole nitrogens is 1. The van der Waals surface area contributed by atoms with E-state index in [0.717, 1.165) is 18.5 Å². The largest absolute Gasteiger partial charge is 0.496 e. The number of aromatic nitrogens is 1. The fraction of sp³-hybridized carbons (Fsp3) is 0.348. The van der Waals surface area contributed by atoms with Crippen molar-refractivity contribution >= 4 is 16.9 Å². The Morgan fingerprint density at radius 2 is 1.73 bits per heavy atom. The maximum atomic E-state index is 5.51. The molecule has 2 aromatic carbocycles. The van der Waals surface area contributed by atoms with Crippen LogP contribution in [0.25, 0.3) is 10.9 Å². The number of nitrogens with zero attached hydrogens (tertiary/aromatic N) is 1. The molecule has 7 heteroatoms. The van der Waals surface area contributed by atoms with Crippen LogP contribution in [-0.2, 0) is 13.0 Å². The molecule has 160 valence electrons. The van der Waals surface area contributed by atoms with Gasteiger partial charge < -0.3 is 29.8 Å². The molecule has 0 aliphatic carbocycles. The van der Waals surface area contributed by atoms with Crippen molar-refractivity contribution in [3.05, 3.63) is 53.2 Å². The Labute approximate surface area is 177 Å². The first-order chi connectivity index (χ1) is 14.6. The van der Waals surface area contributed by atoms with Gasteiger partial charge >= 0.3 is 0 Å². The quantitative estimate of drug-likeness (QED) is 0.392. The smallest absolute Gasteiger partial charge is 0.191 e. The van der Waals surface area contributed by atoms with Crippen LogP contribution in [0.1, 0.15) is 16.7 Å². The molecule has 0 radical (unpaired) electrons. The number of nitrogens with one attached hydrogen (secondary N) is 3. The Hall–Kier alpha value is -3.35. The van der Waals surface area contributed by atoms with Gasteiger partial charge in [-0.25, -0.2) is 0 Å². The lowest BCUT2D eigenvalue weighted by Gasteiger charge is -2.17. The summed E-state index contributed by atoms with van der Waals surface area (Å²) in [6.45, 7) is 3.36. The number of hydrogen-bond donors (Lipinski definition) is 3. The zero-order valence-electron chi connectivity index (χ0n) is 18.3. The third kappa shape index (κ3) is 4.79. The number of hydrogen-bond acceptors (Lipinski definition) is 4. The first kappa shape index (κ1) is 21.4. The zero-order valence-corrected chi connectivity index (χ0v) is 18.3. The van der Waals surface area contributed by atoms with Gasteiger partial charge in [0.25, 0.3) is 0 Å². The highest BCUT2D eigenvalue weighted by atomic mass is 16.5. The van der Waals surface area contributed by atoms with Crippen LogP contribution in [0, 0.1) is 6.92 Å². The SMILES string of the molecule is CN=C(NCCc1c[nH]c2cc(C)ccc12)NCc1c(OC)cc(OC)cc1OC. The van der Waals surface area contributed by atoms with Crippen LogP contribution in [0.3, 0.4) is 0 Å². The predicted octanol–water partition coefficient (Wildman–Crippen LogP) is 3.41. The lowest BCUT2D eigenvalue weighted by molar-refractivity contribution is 0.368. The van der Waals surface area contributed by atoms with E-state index in [1.165, 1.54) is 22.0 Å². The van der Waals surface area contributed by atoms with Gasteiger partial charge in [0.15, 0.2) is 5.96 Å². The average Bonchev–Trinajstić information content (AvgIpc) is 3.17. The molecule has 0 aliphatic heterocycles. The molecular formula is C23H30N4O3. The van der Waals surface area contributed by atoms with E-state index < -0.39 is 0 Å². The third-order valence-corrected chi connectivity index (χ3v) is 5.08. The molecule has 3 rings (SSSR count). The van der Waals surface area contributed by atoms with Gasteiger partial charge in [0.1, 0.15) is 17.2 Å². The van der Waals surface area contributed by atoms with E-state index in [1.54, 1.807) is 28.4 Å². The molecule has 7 nitrogen and oxygen atoms in total. The number of guanidine groups is 1. The topological polar surface area (TPSA) is 79.9 Å². The molecule has 0 aliphatic rings. The number of aryl methyl sites for hydroxylation is 1. The Morgan fingerprint density at radius 1 is 1.00 bits per heavy atom. The molecule has 30 heavy (non-hydrogen) atoms. The van der Waals surface area contributed by atoms with E-state index >= 15 is 0 Å². The number of aromatic amines is 1. The van der Waals surface area contributed by atoms with Crippen molar-refractivity contribution in [3.63, 3.8) is 0 Å². The van der Waals surface area contributed by atoms with Crippen molar-refractivity contribution < 1.29 is 14.2 Å². The minimum Gasteiger partial charge on any atom is -0.496 e. The fourth-order valence-corrected chi connectivity index (χ4v) is 3.47. The highest BCUT2D eigenvalue weighted by Crippen LogP contribution is 2.33. The van der Waals surface area contributed by atoms with Crippen molar-refractivity contribution in [2.75, 3.05) is 34.9 Å². The minimum atomic E-state index is 0.502. The highest BCUT2D eigenvalue weighted by molar-refractivity contribution is 5.84. The summed E-state index contributed by atoms with van der Waals surface area (Å²) in [7, 11) is 6.64. The van der Waals surface area contributed by atoms with Crippen LogP contribution < -0.4 is 24.8 Å². The van der Waals surface area contributed by atoms with Gasteiger partial charge in [-0.2, -0.15) is 0 Å². The number of rotatable bonds is 8. The molecule has 0 fully saturated rings. The molecule has 3 aromatic rings. The second-order valence-corrected chi connectivity index (χ2v) is 6.98. The summed E-state index contributed by atoms with van der Waals surface area (Å²) in [5.41, 5.74) is 4.61. The van der Waals surface area contributed by atoms with Gasteiger partial charge in [0, 0.05) is 42.8 Å². The summed E-state index contributed by atoms with van der Waals surface area (Å²) in [6.07, 6.45) is 2.97. The van der Waals surface area contributed by atoms with E-state index in [2.05, 4.69) is 51.9 Å². The van der Waals surface area contributed by atoms with Crippen molar-refractivity contribution in [1.82, 2.24) is 15.6 Å². The van der Waals surface area contributed by atoms with Gasteiger partial charge in [-0.3, -0.25) is 4.99 Å². The summed E-state index contributed by atoms with van der Waals surface area (Å²) < 4.78 is 16.3. The van der Waals surface area contributed by atoms with Gasteiger partial charge in [-0.05, 0) is 30.5 Å². The molecular weight excluding hydrogens is 380 g/mol. The third-order valence-electron chi connectivity index (χ3n) is 5.08. The van der Waals surface area contributed by atoms with E-state index in [1.807, 2.05) is 12.1 Å². The summed E-state index contributed by atoms with van der Waals surface area (Å²) in [5, 5.41) is 7.96. The molecule has 3 N–H and O–H groups in total. The Balaban J connectivity index is 1.61.